The summed E-state index contributed by atoms with van der Waals surface area (Å²) < 4.78 is 8.60. The van der Waals surface area contributed by atoms with Gasteiger partial charge in [-0.25, -0.2) is 14.6 Å². The minimum atomic E-state index is -0.683. The van der Waals surface area contributed by atoms with Crippen LogP contribution in [0.4, 0.5) is 0 Å². The topological polar surface area (TPSA) is 116 Å². The highest BCUT2D eigenvalue weighted by Crippen LogP contribution is 2.18. The largest absolute Gasteiger partial charge is 0.454 e. The first-order valence-corrected chi connectivity index (χ1v) is 11.5. The van der Waals surface area contributed by atoms with E-state index in [2.05, 4.69) is 9.97 Å². The summed E-state index contributed by atoms with van der Waals surface area (Å²) in [6.07, 6.45) is 1.61. The summed E-state index contributed by atoms with van der Waals surface area (Å²) >= 11 is 0. The molecule has 4 rings (SSSR count). The predicted molar refractivity (Wildman–Crippen MR) is 131 cm³/mol. The van der Waals surface area contributed by atoms with E-state index in [1.54, 1.807) is 47.0 Å². The van der Waals surface area contributed by atoms with Crippen LogP contribution >= 0.6 is 0 Å². The summed E-state index contributed by atoms with van der Waals surface area (Å²) in [6, 6.07) is 15.2. The van der Waals surface area contributed by atoms with Crippen LogP contribution in [0.5, 0.6) is 0 Å². The average molecular weight is 475 g/mol. The maximum absolute atomic E-state index is 13.0. The van der Waals surface area contributed by atoms with Crippen LogP contribution in [0, 0.1) is 0 Å². The first-order chi connectivity index (χ1) is 17.0. The molecule has 0 aliphatic heterocycles. The van der Waals surface area contributed by atoms with Crippen molar-refractivity contribution in [1.29, 1.82) is 0 Å². The molecule has 0 fully saturated rings. The lowest BCUT2D eigenvalue weighted by atomic mass is 9.98. The molecule has 0 unspecified atom stereocenters. The lowest BCUT2D eigenvalue weighted by molar-refractivity contribution is 0.0456. The van der Waals surface area contributed by atoms with Crippen molar-refractivity contribution in [3.05, 3.63) is 98.0 Å². The minimum absolute atomic E-state index is 0.137. The van der Waals surface area contributed by atoms with E-state index < -0.39 is 17.2 Å². The van der Waals surface area contributed by atoms with Gasteiger partial charge in [-0.05, 0) is 19.4 Å². The standard InChI is InChI=1S/C26H26N4O5/c1-3-5-15-30-23-21(24(32)28-26(30)34)29(4-2)20(27-23)16-35-25(33)19-14-10-9-13-18(19)22(31)17-11-7-6-8-12-17/h6-14H,3-5,15-16H2,1-2H3,(H,28,32,34). The molecule has 0 radical (unpaired) electrons. The number of hydrogen-bond donors (Lipinski definition) is 1. The number of ether oxygens (including phenoxy) is 1. The molecule has 180 valence electrons. The van der Waals surface area contributed by atoms with Crippen molar-refractivity contribution in [3.8, 4) is 0 Å². The summed E-state index contributed by atoms with van der Waals surface area (Å²) in [5.74, 6) is -0.633. The molecule has 0 aliphatic rings. The average Bonchev–Trinajstić information content (AvgIpc) is 3.26. The molecule has 0 aliphatic carbocycles. The Morgan fingerprint density at radius 3 is 2.31 bits per heavy atom. The number of hydrogen-bond acceptors (Lipinski definition) is 6. The van der Waals surface area contributed by atoms with E-state index in [9.17, 15) is 19.2 Å². The first-order valence-electron chi connectivity index (χ1n) is 11.5. The minimum Gasteiger partial charge on any atom is -0.454 e. The van der Waals surface area contributed by atoms with E-state index >= 15 is 0 Å². The van der Waals surface area contributed by atoms with Gasteiger partial charge in [0.15, 0.2) is 16.9 Å². The Morgan fingerprint density at radius 2 is 1.63 bits per heavy atom. The quantitative estimate of drug-likeness (QED) is 0.294. The highest BCUT2D eigenvalue weighted by Gasteiger charge is 2.22. The van der Waals surface area contributed by atoms with Crippen LogP contribution in [-0.2, 0) is 24.4 Å². The monoisotopic (exact) mass is 474 g/mol. The molecular formula is C26H26N4O5. The molecule has 0 saturated carbocycles. The smallest absolute Gasteiger partial charge is 0.339 e. The van der Waals surface area contributed by atoms with Crippen molar-refractivity contribution >= 4 is 22.9 Å². The van der Waals surface area contributed by atoms with Gasteiger partial charge in [0.25, 0.3) is 5.56 Å². The van der Waals surface area contributed by atoms with Gasteiger partial charge in [-0.15, -0.1) is 0 Å². The number of carbonyl (C=O) groups excluding carboxylic acids is 2. The van der Waals surface area contributed by atoms with Crippen LogP contribution in [-0.4, -0.2) is 30.9 Å². The Balaban J connectivity index is 1.65. The second kappa shape index (κ2) is 10.3. The number of aromatic nitrogens is 4. The molecule has 0 atom stereocenters. The third-order valence-electron chi connectivity index (χ3n) is 5.78. The van der Waals surface area contributed by atoms with E-state index in [4.69, 9.17) is 4.74 Å². The van der Waals surface area contributed by atoms with Crippen LogP contribution in [0.15, 0.2) is 64.2 Å². The van der Waals surface area contributed by atoms with Gasteiger partial charge in [-0.3, -0.25) is 19.1 Å². The predicted octanol–water partition coefficient (Wildman–Crippen LogP) is 3.29. The highest BCUT2D eigenvalue weighted by atomic mass is 16.5. The molecular weight excluding hydrogens is 448 g/mol. The number of H-pyrrole nitrogens is 1. The summed E-state index contributed by atoms with van der Waals surface area (Å²) in [7, 11) is 0. The van der Waals surface area contributed by atoms with Gasteiger partial charge in [0, 0.05) is 24.2 Å². The Bertz CT molecular complexity index is 1500. The molecule has 9 heteroatoms. The number of imidazole rings is 1. The van der Waals surface area contributed by atoms with E-state index in [1.165, 1.54) is 10.6 Å². The molecule has 4 aromatic rings. The van der Waals surface area contributed by atoms with Crippen LogP contribution in [0.1, 0.15) is 58.8 Å². The maximum atomic E-state index is 13.0. The number of ketones is 1. The molecule has 9 nitrogen and oxygen atoms in total. The molecule has 2 aromatic heterocycles. The van der Waals surface area contributed by atoms with Crippen molar-refractivity contribution in [3.63, 3.8) is 0 Å². The lowest BCUT2D eigenvalue weighted by Crippen LogP contribution is -2.31. The molecule has 0 bridgehead atoms. The summed E-state index contributed by atoms with van der Waals surface area (Å²) in [5.41, 5.74) is 0.297. The van der Waals surface area contributed by atoms with Crippen molar-refractivity contribution < 1.29 is 14.3 Å². The van der Waals surface area contributed by atoms with Crippen molar-refractivity contribution in [2.75, 3.05) is 0 Å². The summed E-state index contributed by atoms with van der Waals surface area (Å²) in [5, 5.41) is 0. The normalized spacial score (nSPS) is 11.0. The molecule has 0 saturated heterocycles. The Labute approximate surface area is 201 Å². The van der Waals surface area contributed by atoms with Gasteiger partial charge < -0.3 is 9.30 Å². The third-order valence-corrected chi connectivity index (χ3v) is 5.78. The summed E-state index contributed by atoms with van der Waals surface area (Å²) in [6.45, 7) is 4.42. The van der Waals surface area contributed by atoms with Gasteiger partial charge in [0.1, 0.15) is 12.4 Å². The number of benzene rings is 2. The molecule has 1 N–H and O–H groups in total. The Kier molecular flexibility index (Phi) is 7.05. The second-order valence-electron chi connectivity index (χ2n) is 8.03. The number of esters is 1. The van der Waals surface area contributed by atoms with Crippen molar-refractivity contribution in [1.82, 2.24) is 19.1 Å². The molecule has 2 heterocycles. The van der Waals surface area contributed by atoms with E-state index in [0.29, 0.717) is 24.5 Å². The number of carbonyl (C=O) groups is 2. The van der Waals surface area contributed by atoms with E-state index in [-0.39, 0.29) is 34.7 Å². The fourth-order valence-corrected chi connectivity index (χ4v) is 4.00. The highest BCUT2D eigenvalue weighted by molar-refractivity contribution is 6.14. The first kappa shape index (κ1) is 23.9. The second-order valence-corrected chi connectivity index (χ2v) is 8.03. The molecule has 2 aromatic carbocycles. The van der Waals surface area contributed by atoms with Gasteiger partial charge >= 0.3 is 11.7 Å². The van der Waals surface area contributed by atoms with E-state index in [1.807, 2.05) is 19.9 Å². The Morgan fingerprint density at radius 1 is 0.943 bits per heavy atom. The zero-order valence-electron chi connectivity index (χ0n) is 19.6. The van der Waals surface area contributed by atoms with E-state index in [0.717, 1.165) is 12.8 Å². The fraction of sp³-hybridized carbons (Fsp3) is 0.269. The number of unbranched alkanes of at least 4 members (excludes halogenated alkanes) is 1. The van der Waals surface area contributed by atoms with Crippen LogP contribution in [0.2, 0.25) is 0 Å². The van der Waals surface area contributed by atoms with Crippen molar-refractivity contribution in [2.45, 2.75) is 46.4 Å². The van der Waals surface area contributed by atoms with Crippen LogP contribution < -0.4 is 11.2 Å². The van der Waals surface area contributed by atoms with Gasteiger partial charge in [0.05, 0.1) is 5.56 Å². The molecule has 0 spiro atoms. The zero-order valence-corrected chi connectivity index (χ0v) is 19.6. The number of nitrogens with zero attached hydrogens (tertiary/aromatic N) is 3. The molecule has 0 amide bonds. The fourth-order valence-electron chi connectivity index (χ4n) is 4.00. The number of aryl methyl sites for hydroxylation is 2. The maximum Gasteiger partial charge on any atom is 0.339 e. The van der Waals surface area contributed by atoms with Crippen molar-refractivity contribution in [2.24, 2.45) is 0 Å². The third kappa shape index (κ3) is 4.70. The van der Waals surface area contributed by atoms with Gasteiger partial charge in [-0.2, -0.15) is 0 Å². The number of fused-ring (bicyclic) bond motifs is 1. The number of rotatable bonds is 9. The van der Waals surface area contributed by atoms with Crippen LogP contribution in [0.25, 0.3) is 11.2 Å². The van der Waals surface area contributed by atoms with Crippen LogP contribution in [0.3, 0.4) is 0 Å². The summed E-state index contributed by atoms with van der Waals surface area (Å²) in [4.78, 5) is 57.7. The van der Waals surface area contributed by atoms with Gasteiger partial charge in [0.2, 0.25) is 0 Å². The zero-order chi connectivity index (χ0) is 24.9. The lowest BCUT2D eigenvalue weighted by Gasteiger charge is -2.10. The number of nitrogens with one attached hydrogen (secondary N) is 1. The number of aromatic amines is 1. The SMILES string of the molecule is CCCCn1c(=O)[nH]c(=O)c2c1nc(COC(=O)c1ccccc1C(=O)c1ccccc1)n2CC. The van der Waals surface area contributed by atoms with Gasteiger partial charge in [-0.1, -0.05) is 61.9 Å². The Hall–Kier alpha value is -4.27. The molecule has 35 heavy (non-hydrogen) atoms.